The van der Waals surface area contributed by atoms with Crippen LogP contribution in [0.1, 0.15) is 29.9 Å². The summed E-state index contributed by atoms with van der Waals surface area (Å²) in [5.41, 5.74) is 2.99. The summed E-state index contributed by atoms with van der Waals surface area (Å²) in [6, 6.07) is 7.16. The third kappa shape index (κ3) is 1.96. The first kappa shape index (κ1) is 15.9. The van der Waals surface area contributed by atoms with Gasteiger partial charge in [0.1, 0.15) is 5.82 Å². The molecule has 0 saturated heterocycles. The maximum Gasteiger partial charge on any atom is 0.237 e. The van der Waals surface area contributed by atoms with E-state index in [-0.39, 0.29) is 11.7 Å². The second-order valence-electron chi connectivity index (χ2n) is 7.14. The van der Waals surface area contributed by atoms with Gasteiger partial charge in [0, 0.05) is 36.5 Å². The summed E-state index contributed by atoms with van der Waals surface area (Å²) in [5, 5.41) is 0.845. The van der Waals surface area contributed by atoms with Crippen LogP contribution in [0.3, 0.4) is 0 Å². The summed E-state index contributed by atoms with van der Waals surface area (Å²) in [5.74, 6) is 0.0556. The zero-order valence-corrected chi connectivity index (χ0v) is 15.6. The molecule has 1 saturated carbocycles. The van der Waals surface area contributed by atoms with Gasteiger partial charge in [0.2, 0.25) is 5.91 Å². The van der Waals surface area contributed by atoms with Crippen molar-refractivity contribution in [3.05, 3.63) is 64.3 Å². The molecule has 3 aromatic rings. The number of carbonyl (C=O) groups excluding carboxylic acids is 1. The molecule has 1 spiro atoms. The lowest BCUT2D eigenvalue weighted by Crippen LogP contribution is -2.47. The van der Waals surface area contributed by atoms with Crippen LogP contribution in [0.15, 0.2) is 47.3 Å². The van der Waals surface area contributed by atoms with Gasteiger partial charge in [-0.15, -0.1) is 0 Å². The second-order valence-corrected chi connectivity index (χ2v) is 7.99. The highest BCUT2D eigenvalue weighted by atomic mass is 79.9. The van der Waals surface area contributed by atoms with Gasteiger partial charge in [-0.2, -0.15) is 0 Å². The maximum absolute atomic E-state index is 14.0. The number of hydrogen-bond acceptors (Lipinski definition) is 3. The number of halogens is 2. The Bertz CT molecular complexity index is 1060. The Balaban J connectivity index is 1.67. The van der Waals surface area contributed by atoms with Crippen molar-refractivity contribution >= 4 is 38.4 Å². The molecule has 2 aliphatic rings. The zero-order chi connectivity index (χ0) is 18.1. The van der Waals surface area contributed by atoms with Crippen molar-refractivity contribution in [3.8, 4) is 0 Å². The Labute approximate surface area is 158 Å². The molecule has 1 fully saturated rings. The number of benzene rings is 1. The SMILES string of the molecule is CN1C(=O)C2(CC(c3cccnc3)C2)c2c1cnc1cc(F)c(Br)cc21. The van der Waals surface area contributed by atoms with Crippen molar-refractivity contribution < 1.29 is 9.18 Å². The molecule has 1 aliphatic heterocycles. The first-order chi connectivity index (χ1) is 12.5. The first-order valence-electron chi connectivity index (χ1n) is 8.47. The average molecular weight is 412 g/mol. The third-order valence-corrected chi connectivity index (χ3v) is 6.40. The summed E-state index contributed by atoms with van der Waals surface area (Å²) in [7, 11) is 1.79. The number of likely N-dealkylation sites (N-methyl/N-ethyl adjacent to an activating group) is 1. The predicted molar refractivity (Wildman–Crippen MR) is 101 cm³/mol. The minimum atomic E-state index is -0.553. The van der Waals surface area contributed by atoms with Crippen molar-refractivity contribution in [2.24, 2.45) is 0 Å². The van der Waals surface area contributed by atoms with Gasteiger partial charge in [-0.05, 0) is 52.4 Å². The van der Waals surface area contributed by atoms with Crippen LogP contribution in [0.2, 0.25) is 0 Å². The minimum absolute atomic E-state index is 0.0994. The molecule has 2 aromatic heterocycles. The molecule has 4 nitrogen and oxygen atoms in total. The van der Waals surface area contributed by atoms with Crippen LogP contribution in [-0.2, 0) is 10.2 Å². The Hall–Kier alpha value is -2.34. The first-order valence-corrected chi connectivity index (χ1v) is 9.27. The number of carbonyl (C=O) groups is 1. The zero-order valence-electron chi connectivity index (χ0n) is 14.0. The van der Waals surface area contributed by atoms with E-state index >= 15 is 0 Å². The number of hydrogen-bond donors (Lipinski definition) is 0. The molecule has 26 heavy (non-hydrogen) atoms. The maximum atomic E-state index is 14.0. The standard InChI is InChI=1S/C20H15BrFN3O/c1-25-17-10-24-16-6-15(22)14(21)5-13(16)18(17)20(19(25)26)7-12(8-20)11-3-2-4-23-9-11/h2-6,9-10,12H,7-8H2,1H3. The fourth-order valence-corrected chi connectivity index (χ4v) is 4.83. The summed E-state index contributed by atoms with van der Waals surface area (Å²) < 4.78 is 14.3. The number of pyridine rings is 2. The van der Waals surface area contributed by atoms with Gasteiger partial charge in [0.25, 0.3) is 0 Å². The van der Waals surface area contributed by atoms with Crippen LogP contribution in [0.4, 0.5) is 10.1 Å². The third-order valence-electron chi connectivity index (χ3n) is 5.79. The molecule has 0 atom stereocenters. The van der Waals surface area contributed by atoms with Crippen molar-refractivity contribution in [1.29, 1.82) is 0 Å². The molecule has 0 N–H and O–H groups in total. The molecule has 0 unspecified atom stereocenters. The highest BCUT2D eigenvalue weighted by molar-refractivity contribution is 9.10. The van der Waals surface area contributed by atoms with Crippen LogP contribution in [-0.4, -0.2) is 22.9 Å². The van der Waals surface area contributed by atoms with Crippen LogP contribution in [0.25, 0.3) is 10.9 Å². The molecule has 3 heterocycles. The van der Waals surface area contributed by atoms with Crippen LogP contribution in [0, 0.1) is 5.82 Å². The number of rotatable bonds is 1. The number of fused-ring (bicyclic) bond motifs is 4. The van der Waals surface area contributed by atoms with E-state index in [1.807, 2.05) is 12.3 Å². The highest BCUT2D eigenvalue weighted by Gasteiger charge is 2.58. The van der Waals surface area contributed by atoms with Gasteiger partial charge in [0.15, 0.2) is 0 Å². The van der Waals surface area contributed by atoms with Crippen molar-refractivity contribution in [1.82, 2.24) is 9.97 Å². The lowest BCUT2D eigenvalue weighted by Gasteiger charge is -2.44. The Morgan fingerprint density at radius 3 is 2.85 bits per heavy atom. The van der Waals surface area contributed by atoms with Gasteiger partial charge in [-0.3, -0.25) is 14.8 Å². The fraction of sp³-hybridized carbons (Fsp3) is 0.250. The summed E-state index contributed by atoms with van der Waals surface area (Å²) >= 11 is 3.27. The quantitative estimate of drug-likeness (QED) is 0.598. The lowest BCUT2D eigenvalue weighted by atomic mass is 9.57. The second kappa shape index (κ2) is 5.33. The van der Waals surface area contributed by atoms with E-state index in [1.54, 1.807) is 30.4 Å². The van der Waals surface area contributed by atoms with Gasteiger partial charge >= 0.3 is 0 Å². The van der Waals surface area contributed by atoms with Gasteiger partial charge in [0.05, 0.1) is 27.3 Å². The lowest BCUT2D eigenvalue weighted by molar-refractivity contribution is -0.126. The predicted octanol–water partition coefficient (Wildman–Crippen LogP) is 4.32. The smallest absolute Gasteiger partial charge is 0.237 e. The molecule has 1 amide bonds. The molecule has 6 heteroatoms. The molecule has 130 valence electrons. The van der Waals surface area contributed by atoms with Crippen molar-refractivity contribution in [3.63, 3.8) is 0 Å². The van der Waals surface area contributed by atoms with Crippen molar-refractivity contribution in [2.75, 3.05) is 11.9 Å². The normalized spacial score (nSPS) is 24.2. The molecular formula is C20H15BrFN3O. The number of aromatic nitrogens is 2. The van der Waals surface area contributed by atoms with E-state index in [0.717, 1.165) is 35.0 Å². The van der Waals surface area contributed by atoms with Gasteiger partial charge < -0.3 is 4.90 Å². The molecule has 1 aliphatic carbocycles. The average Bonchev–Trinajstić information content (AvgIpc) is 2.84. The molecule has 0 radical (unpaired) electrons. The minimum Gasteiger partial charge on any atom is -0.313 e. The largest absolute Gasteiger partial charge is 0.313 e. The Morgan fingerprint density at radius 1 is 1.31 bits per heavy atom. The highest BCUT2D eigenvalue weighted by Crippen LogP contribution is 2.60. The summed E-state index contributed by atoms with van der Waals surface area (Å²) in [6.07, 6.45) is 6.80. The number of anilines is 1. The van der Waals surface area contributed by atoms with Crippen LogP contribution < -0.4 is 4.90 Å². The monoisotopic (exact) mass is 411 g/mol. The topological polar surface area (TPSA) is 46.1 Å². The molecular weight excluding hydrogens is 397 g/mol. The van der Waals surface area contributed by atoms with Crippen LogP contribution >= 0.6 is 15.9 Å². The number of amides is 1. The summed E-state index contributed by atoms with van der Waals surface area (Å²) in [6.45, 7) is 0. The van der Waals surface area contributed by atoms with Crippen LogP contribution in [0.5, 0.6) is 0 Å². The van der Waals surface area contributed by atoms with E-state index in [4.69, 9.17) is 0 Å². The van der Waals surface area contributed by atoms with E-state index in [2.05, 4.69) is 32.0 Å². The number of nitrogens with zero attached hydrogens (tertiary/aromatic N) is 3. The van der Waals surface area contributed by atoms with Gasteiger partial charge in [-0.25, -0.2) is 4.39 Å². The molecule has 0 bridgehead atoms. The van der Waals surface area contributed by atoms with E-state index in [9.17, 15) is 9.18 Å². The Kier molecular flexibility index (Phi) is 3.26. The molecule has 1 aromatic carbocycles. The van der Waals surface area contributed by atoms with Gasteiger partial charge in [-0.1, -0.05) is 6.07 Å². The fourth-order valence-electron chi connectivity index (χ4n) is 4.48. The van der Waals surface area contributed by atoms with E-state index < -0.39 is 5.41 Å². The molecule has 5 rings (SSSR count). The van der Waals surface area contributed by atoms with E-state index in [0.29, 0.717) is 15.9 Å². The summed E-state index contributed by atoms with van der Waals surface area (Å²) in [4.78, 5) is 23.4. The van der Waals surface area contributed by atoms with E-state index in [1.165, 1.54) is 6.07 Å². The Morgan fingerprint density at radius 2 is 2.12 bits per heavy atom. The van der Waals surface area contributed by atoms with Crippen molar-refractivity contribution in [2.45, 2.75) is 24.2 Å².